The highest BCUT2D eigenvalue weighted by molar-refractivity contribution is 9.10. The van der Waals surface area contributed by atoms with Gasteiger partial charge in [0, 0.05) is 61.4 Å². The van der Waals surface area contributed by atoms with Crippen molar-refractivity contribution in [1.29, 1.82) is 0 Å². The summed E-state index contributed by atoms with van der Waals surface area (Å²) in [5, 5.41) is 2.07. The minimum absolute atomic E-state index is 0.982. The zero-order valence-corrected chi connectivity index (χ0v) is 20.3. The molecule has 31 heavy (non-hydrogen) atoms. The molecule has 4 heterocycles. The zero-order valence-electron chi connectivity index (χ0n) is 17.0. The molecule has 0 aliphatic heterocycles. The van der Waals surface area contributed by atoms with Crippen molar-refractivity contribution < 1.29 is 0 Å². The van der Waals surface area contributed by atoms with Gasteiger partial charge in [0.15, 0.2) is 0 Å². The van der Waals surface area contributed by atoms with Crippen LogP contribution in [0.3, 0.4) is 0 Å². The molecule has 0 saturated heterocycles. The molecule has 5 aromatic rings. The van der Waals surface area contributed by atoms with Gasteiger partial charge in [-0.2, -0.15) is 0 Å². The van der Waals surface area contributed by atoms with Crippen molar-refractivity contribution in [1.82, 2.24) is 9.97 Å². The number of hydrogen-bond acceptors (Lipinski definition) is 4. The van der Waals surface area contributed by atoms with Crippen LogP contribution in [0.25, 0.3) is 20.9 Å². The maximum Gasteiger partial charge on any atom is 0.0361 e. The van der Waals surface area contributed by atoms with Crippen LogP contribution in [-0.4, -0.2) is 9.97 Å². The Bertz CT molecular complexity index is 1220. The standard InChI is InChI=1S/C17H14BrNS.C9H7NS/c1-12-4-5-15(18)9-14(12)10-16-6-7-17(20-16)13-3-2-8-19-11-13;1-3-8(7-10-5-1)9-4-2-6-11-9/h2-9,11H,10H2,1H3;1-7H. The van der Waals surface area contributed by atoms with Crippen molar-refractivity contribution in [3.63, 3.8) is 0 Å². The van der Waals surface area contributed by atoms with Crippen LogP contribution < -0.4 is 0 Å². The lowest BCUT2D eigenvalue weighted by molar-refractivity contribution is 1.19. The van der Waals surface area contributed by atoms with E-state index < -0.39 is 0 Å². The summed E-state index contributed by atoms with van der Waals surface area (Å²) in [5.74, 6) is 0. The molecule has 0 unspecified atom stereocenters. The quantitative estimate of drug-likeness (QED) is 0.246. The molecule has 5 heteroatoms. The van der Waals surface area contributed by atoms with Crippen LogP contribution in [-0.2, 0) is 6.42 Å². The van der Waals surface area contributed by atoms with Gasteiger partial charge in [0.25, 0.3) is 0 Å². The first kappa shape index (κ1) is 21.6. The van der Waals surface area contributed by atoms with Crippen LogP contribution in [0.5, 0.6) is 0 Å². The van der Waals surface area contributed by atoms with Gasteiger partial charge >= 0.3 is 0 Å². The van der Waals surface area contributed by atoms with Crippen molar-refractivity contribution in [2.24, 2.45) is 0 Å². The lowest BCUT2D eigenvalue weighted by Crippen LogP contribution is -1.89. The topological polar surface area (TPSA) is 25.8 Å². The first-order valence-electron chi connectivity index (χ1n) is 9.87. The summed E-state index contributed by atoms with van der Waals surface area (Å²) in [6.45, 7) is 2.16. The maximum absolute atomic E-state index is 4.18. The van der Waals surface area contributed by atoms with E-state index in [-0.39, 0.29) is 0 Å². The molecular weight excluding hydrogens is 484 g/mol. The summed E-state index contributed by atoms with van der Waals surface area (Å²) >= 11 is 7.12. The Morgan fingerprint density at radius 3 is 2.19 bits per heavy atom. The van der Waals surface area contributed by atoms with Crippen molar-refractivity contribution in [3.8, 4) is 20.9 Å². The molecular formula is C26H21BrN2S2. The van der Waals surface area contributed by atoms with Crippen molar-refractivity contribution >= 4 is 38.6 Å². The van der Waals surface area contributed by atoms with Crippen LogP contribution in [0.4, 0.5) is 0 Å². The first-order valence-corrected chi connectivity index (χ1v) is 12.4. The second kappa shape index (κ2) is 10.6. The molecule has 0 bridgehead atoms. The van der Waals surface area contributed by atoms with Gasteiger partial charge in [0.2, 0.25) is 0 Å². The molecule has 0 saturated carbocycles. The minimum atomic E-state index is 0.982. The normalized spacial score (nSPS) is 10.4. The first-order chi connectivity index (χ1) is 15.2. The Balaban J connectivity index is 0.000000177. The minimum Gasteiger partial charge on any atom is -0.264 e. The summed E-state index contributed by atoms with van der Waals surface area (Å²) in [6, 6.07) is 23.1. The van der Waals surface area contributed by atoms with Gasteiger partial charge in [-0.05, 0) is 65.9 Å². The highest BCUT2D eigenvalue weighted by Gasteiger charge is 2.06. The number of aryl methyl sites for hydroxylation is 1. The Kier molecular flexibility index (Phi) is 7.41. The number of rotatable bonds is 4. The fourth-order valence-corrected chi connectivity index (χ4v) is 5.25. The molecule has 5 rings (SSSR count). The van der Waals surface area contributed by atoms with Crippen molar-refractivity contribution in [3.05, 3.63) is 117 Å². The van der Waals surface area contributed by atoms with E-state index in [0.29, 0.717) is 0 Å². The van der Waals surface area contributed by atoms with E-state index in [4.69, 9.17) is 0 Å². The third-order valence-corrected chi connectivity index (χ3v) is 7.30. The predicted molar refractivity (Wildman–Crippen MR) is 137 cm³/mol. The van der Waals surface area contributed by atoms with E-state index in [9.17, 15) is 0 Å². The number of thiophene rings is 2. The molecule has 0 atom stereocenters. The van der Waals surface area contributed by atoms with Crippen molar-refractivity contribution in [2.45, 2.75) is 13.3 Å². The fraction of sp³-hybridized carbons (Fsp3) is 0.0769. The van der Waals surface area contributed by atoms with E-state index in [1.54, 1.807) is 17.5 Å². The smallest absolute Gasteiger partial charge is 0.0361 e. The van der Waals surface area contributed by atoms with Crippen LogP contribution in [0, 0.1) is 6.92 Å². The van der Waals surface area contributed by atoms with E-state index in [0.717, 1.165) is 10.9 Å². The molecule has 0 amide bonds. The number of nitrogens with zero attached hydrogens (tertiary/aromatic N) is 2. The highest BCUT2D eigenvalue weighted by atomic mass is 79.9. The van der Waals surface area contributed by atoms with E-state index in [2.05, 4.69) is 86.7 Å². The molecule has 1 aromatic carbocycles. The molecule has 0 radical (unpaired) electrons. The van der Waals surface area contributed by atoms with Crippen LogP contribution in [0.2, 0.25) is 0 Å². The zero-order chi connectivity index (χ0) is 21.5. The summed E-state index contributed by atoms with van der Waals surface area (Å²) in [5.41, 5.74) is 5.10. The molecule has 0 aliphatic rings. The molecule has 4 aromatic heterocycles. The van der Waals surface area contributed by atoms with E-state index in [1.807, 2.05) is 48.1 Å². The number of hydrogen-bond donors (Lipinski definition) is 0. The van der Waals surface area contributed by atoms with Gasteiger partial charge in [0.1, 0.15) is 0 Å². The van der Waals surface area contributed by atoms with Gasteiger partial charge in [-0.1, -0.05) is 40.2 Å². The van der Waals surface area contributed by atoms with Crippen LogP contribution >= 0.6 is 38.6 Å². The second-order valence-electron chi connectivity index (χ2n) is 6.97. The van der Waals surface area contributed by atoms with Gasteiger partial charge in [-0.3, -0.25) is 9.97 Å². The Hall–Kier alpha value is -2.60. The third kappa shape index (κ3) is 5.97. The maximum atomic E-state index is 4.18. The Morgan fingerprint density at radius 1 is 0.806 bits per heavy atom. The SMILES string of the molecule is Cc1ccc(Br)cc1Cc1ccc(-c2cccnc2)s1.c1cncc(-c2cccs2)c1. The van der Waals surface area contributed by atoms with E-state index >= 15 is 0 Å². The largest absolute Gasteiger partial charge is 0.264 e. The Morgan fingerprint density at radius 2 is 1.55 bits per heavy atom. The van der Waals surface area contributed by atoms with Crippen LogP contribution in [0.15, 0.2) is 101 Å². The van der Waals surface area contributed by atoms with Gasteiger partial charge < -0.3 is 0 Å². The average Bonchev–Trinajstić information content (AvgIpc) is 3.51. The lowest BCUT2D eigenvalue weighted by Gasteiger charge is -2.04. The van der Waals surface area contributed by atoms with Gasteiger partial charge in [-0.25, -0.2) is 0 Å². The highest BCUT2D eigenvalue weighted by Crippen LogP contribution is 2.30. The van der Waals surface area contributed by atoms with Crippen molar-refractivity contribution in [2.75, 3.05) is 0 Å². The number of halogens is 1. The van der Waals surface area contributed by atoms with Gasteiger partial charge in [-0.15, -0.1) is 22.7 Å². The predicted octanol–water partition coefficient (Wildman–Crippen LogP) is 8.28. The molecule has 0 aliphatic carbocycles. The number of benzene rings is 1. The summed E-state index contributed by atoms with van der Waals surface area (Å²) in [6.07, 6.45) is 8.38. The lowest BCUT2D eigenvalue weighted by atomic mass is 10.1. The monoisotopic (exact) mass is 504 g/mol. The Labute approximate surface area is 199 Å². The van der Waals surface area contributed by atoms with E-state index in [1.165, 1.54) is 36.9 Å². The number of pyridine rings is 2. The summed E-state index contributed by atoms with van der Waals surface area (Å²) in [7, 11) is 0. The summed E-state index contributed by atoms with van der Waals surface area (Å²) < 4.78 is 1.14. The third-order valence-electron chi connectivity index (χ3n) is 4.75. The molecule has 154 valence electrons. The fourth-order valence-electron chi connectivity index (χ4n) is 3.11. The molecule has 0 N–H and O–H groups in total. The van der Waals surface area contributed by atoms with Crippen LogP contribution in [0.1, 0.15) is 16.0 Å². The summed E-state index contributed by atoms with van der Waals surface area (Å²) in [4.78, 5) is 12.2. The average molecular weight is 506 g/mol. The molecule has 0 fully saturated rings. The molecule has 2 nitrogen and oxygen atoms in total. The molecule has 0 spiro atoms. The second-order valence-corrected chi connectivity index (χ2v) is 10.0. The van der Waals surface area contributed by atoms with Gasteiger partial charge in [0.05, 0.1) is 0 Å². The number of aromatic nitrogens is 2.